The summed E-state index contributed by atoms with van der Waals surface area (Å²) in [6, 6.07) is 3.66. The lowest BCUT2D eigenvalue weighted by molar-refractivity contribution is -0.141. The van der Waals surface area contributed by atoms with Crippen molar-refractivity contribution in [2.45, 2.75) is 31.5 Å². The van der Waals surface area contributed by atoms with E-state index >= 15 is 0 Å². The molecule has 2 fully saturated rings. The van der Waals surface area contributed by atoms with E-state index in [1.54, 1.807) is 4.90 Å². The van der Waals surface area contributed by atoms with Crippen molar-refractivity contribution in [2.24, 2.45) is 0 Å². The highest BCUT2D eigenvalue weighted by molar-refractivity contribution is 7.89. The van der Waals surface area contributed by atoms with Crippen LogP contribution in [0.2, 0.25) is 0 Å². The number of alkyl halides is 3. The number of piperidine rings is 1. The van der Waals surface area contributed by atoms with Gasteiger partial charge in [-0.3, -0.25) is 0 Å². The highest BCUT2D eigenvalue weighted by atomic mass is 32.2. The van der Waals surface area contributed by atoms with Gasteiger partial charge in [-0.15, -0.1) is 0 Å². The molecule has 2 aliphatic heterocycles. The summed E-state index contributed by atoms with van der Waals surface area (Å²) in [5.41, 5.74) is -0.953. The maximum absolute atomic E-state index is 12.9. The molecule has 1 aromatic rings. The Kier molecular flexibility index (Phi) is 4.64. The van der Waals surface area contributed by atoms with Gasteiger partial charge in [0.1, 0.15) is 17.6 Å². The second-order valence-electron chi connectivity index (χ2n) is 6.18. The molecule has 0 radical (unpaired) electrons. The first-order valence-electron chi connectivity index (χ1n) is 7.95. The number of nitriles is 1. The Morgan fingerprint density at radius 1 is 1.20 bits per heavy atom. The number of pyridine rings is 1. The number of rotatable bonds is 2. The summed E-state index contributed by atoms with van der Waals surface area (Å²) < 4.78 is 64.2. The SMILES string of the molecule is N#Cc1ccc(C(F)(F)F)nc1N1CCC(N2CCCS2(=O)=O)CC1. The summed E-state index contributed by atoms with van der Waals surface area (Å²) in [4.78, 5) is 5.27. The van der Waals surface area contributed by atoms with E-state index in [4.69, 9.17) is 5.26 Å². The largest absolute Gasteiger partial charge is 0.433 e. The van der Waals surface area contributed by atoms with Crippen molar-refractivity contribution in [3.8, 4) is 6.07 Å². The van der Waals surface area contributed by atoms with Crippen LogP contribution in [0.5, 0.6) is 0 Å². The number of halogens is 3. The van der Waals surface area contributed by atoms with E-state index in [0.717, 1.165) is 12.1 Å². The van der Waals surface area contributed by atoms with Crippen LogP contribution in [0.15, 0.2) is 12.1 Å². The van der Waals surface area contributed by atoms with Gasteiger partial charge >= 0.3 is 6.18 Å². The Hall–Kier alpha value is -1.86. The molecule has 0 atom stereocenters. The number of hydrogen-bond donors (Lipinski definition) is 0. The standard InChI is InChI=1S/C15H17F3N4O2S/c16-15(17,18)13-3-2-11(10-19)14(20-13)21-7-4-12(5-8-21)22-6-1-9-25(22,23)24/h2-3,12H,1,4-9H2. The maximum Gasteiger partial charge on any atom is 0.433 e. The Balaban J connectivity index is 1.78. The van der Waals surface area contributed by atoms with Crippen molar-refractivity contribution in [1.82, 2.24) is 9.29 Å². The fourth-order valence-corrected chi connectivity index (χ4v) is 5.17. The van der Waals surface area contributed by atoms with Crippen molar-refractivity contribution in [3.63, 3.8) is 0 Å². The highest BCUT2D eigenvalue weighted by Gasteiger charge is 2.37. The molecule has 3 heterocycles. The van der Waals surface area contributed by atoms with Crippen molar-refractivity contribution < 1.29 is 21.6 Å². The van der Waals surface area contributed by atoms with E-state index in [0.29, 0.717) is 38.9 Å². The highest BCUT2D eigenvalue weighted by Crippen LogP contribution is 2.32. The minimum absolute atomic E-state index is 0.0139. The molecule has 0 N–H and O–H groups in total. The van der Waals surface area contributed by atoms with E-state index in [1.807, 2.05) is 6.07 Å². The van der Waals surface area contributed by atoms with Crippen LogP contribution in [0.4, 0.5) is 19.0 Å². The zero-order chi connectivity index (χ0) is 18.2. The van der Waals surface area contributed by atoms with E-state index in [2.05, 4.69) is 4.98 Å². The van der Waals surface area contributed by atoms with Crippen LogP contribution in [0.1, 0.15) is 30.5 Å². The molecule has 10 heteroatoms. The number of nitrogens with zero attached hydrogens (tertiary/aromatic N) is 4. The predicted molar refractivity (Wildman–Crippen MR) is 84.3 cm³/mol. The lowest BCUT2D eigenvalue weighted by Gasteiger charge is -2.36. The van der Waals surface area contributed by atoms with Gasteiger partial charge in [0.2, 0.25) is 10.0 Å². The van der Waals surface area contributed by atoms with Crippen molar-refractivity contribution in [2.75, 3.05) is 30.3 Å². The quantitative estimate of drug-likeness (QED) is 0.791. The molecule has 6 nitrogen and oxygen atoms in total. The van der Waals surface area contributed by atoms with Crippen LogP contribution in [-0.2, 0) is 16.2 Å². The zero-order valence-corrected chi connectivity index (χ0v) is 14.1. The Labute approximate surface area is 143 Å². The molecule has 0 aromatic carbocycles. The van der Waals surface area contributed by atoms with Crippen LogP contribution in [0.25, 0.3) is 0 Å². The minimum atomic E-state index is -4.58. The summed E-state index contributed by atoms with van der Waals surface area (Å²) in [7, 11) is -3.21. The number of sulfonamides is 1. The number of aromatic nitrogens is 1. The van der Waals surface area contributed by atoms with E-state index in [-0.39, 0.29) is 23.2 Å². The summed E-state index contributed by atoms with van der Waals surface area (Å²) in [5, 5.41) is 9.15. The third-order valence-corrected chi connectivity index (χ3v) is 6.60. The van der Waals surface area contributed by atoms with Gasteiger partial charge in [-0.1, -0.05) is 0 Å². The molecule has 0 unspecified atom stereocenters. The maximum atomic E-state index is 12.9. The second kappa shape index (κ2) is 6.46. The van der Waals surface area contributed by atoms with Crippen LogP contribution in [0.3, 0.4) is 0 Å². The van der Waals surface area contributed by atoms with Crippen LogP contribution < -0.4 is 4.90 Å². The van der Waals surface area contributed by atoms with Crippen LogP contribution in [-0.4, -0.2) is 49.1 Å². The molecule has 25 heavy (non-hydrogen) atoms. The fourth-order valence-electron chi connectivity index (χ4n) is 3.37. The summed E-state index contributed by atoms with van der Waals surface area (Å²) in [6.45, 7) is 1.22. The molecule has 0 spiro atoms. The average molecular weight is 374 g/mol. The zero-order valence-electron chi connectivity index (χ0n) is 13.3. The molecule has 2 aliphatic rings. The molecule has 0 saturated carbocycles. The van der Waals surface area contributed by atoms with Gasteiger partial charge in [-0.25, -0.2) is 13.4 Å². The Bertz CT molecular complexity index is 796. The van der Waals surface area contributed by atoms with Gasteiger partial charge in [0, 0.05) is 25.7 Å². The third-order valence-electron chi connectivity index (χ3n) is 4.60. The lowest BCUT2D eigenvalue weighted by atomic mass is 10.0. The molecular formula is C15H17F3N4O2S. The third kappa shape index (κ3) is 3.57. The molecule has 3 rings (SSSR count). The molecule has 0 bridgehead atoms. The van der Waals surface area contributed by atoms with Crippen LogP contribution in [0, 0.1) is 11.3 Å². The molecule has 1 aromatic heterocycles. The normalized spacial score (nSPS) is 22.1. The minimum Gasteiger partial charge on any atom is -0.355 e. The Morgan fingerprint density at radius 2 is 1.88 bits per heavy atom. The van der Waals surface area contributed by atoms with Gasteiger partial charge < -0.3 is 4.90 Å². The summed E-state index contributed by atoms with van der Waals surface area (Å²) in [6.07, 6.45) is -2.97. The van der Waals surface area contributed by atoms with E-state index in [9.17, 15) is 21.6 Å². The van der Waals surface area contributed by atoms with Gasteiger partial charge in [-0.2, -0.15) is 22.7 Å². The van der Waals surface area contributed by atoms with Gasteiger partial charge in [-0.05, 0) is 31.4 Å². The van der Waals surface area contributed by atoms with Crippen LogP contribution >= 0.6 is 0 Å². The fraction of sp³-hybridized carbons (Fsp3) is 0.600. The second-order valence-corrected chi connectivity index (χ2v) is 8.22. The number of anilines is 1. The van der Waals surface area contributed by atoms with E-state index < -0.39 is 21.9 Å². The smallest absolute Gasteiger partial charge is 0.355 e. The first-order valence-corrected chi connectivity index (χ1v) is 9.56. The first kappa shape index (κ1) is 17.9. The van der Waals surface area contributed by atoms with Crippen molar-refractivity contribution in [3.05, 3.63) is 23.4 Å². The molecular weight excluding hydrogens is 357 g/mol. The number of hydrogen-bond acceptors (Lipinski definition) is 5. The Morgan fingerprint density at radius 3 is 2.40 bits per heavy atom. The topological polar surface area (TPSA) is 77.3 Å². The first-order chi connectivity index (χ1) is 11.7. The van der Waals surface area contributed by atoms with E-state index in [1.165, 1.54) is 4.31 Å². The van der Waals surface area contributed by atoms with Gasteiger partial charge in [0.15, 0.2) is 0 Å². The predicted octanol–water partition coefficient (Wildman–Crippen LogP) is 1.98. The molecule has 2 saturated heterocycles. The summed E-state index contributed by atoms with van der Waals surface area (Å²) in [5.74, 6) is 0.168. The van der Waals surface area contributed by atoms with Gasteiger partial charge in [0.05, 0.1) is 11.3 Å². The van der Waals surface area contributed by atoms with Crippen molar-refractivity contribution >= 4 is 15.8 Å². The lowest BCUT2D eigenvalue weighted by Crippen LogP contribution is -2.46. The monoisotopic (exact) mass is 374 g/mol. The van der Waals surface area contributed by atoms with Gasteiger partial charge in [0.25, 0.3) is 0 Å². The molecule has 0 aliphatic carbocycles. The van der Waals surface area contributed by atoms with Crippen molar-refractivity contribution in [1.29, 1.82) is 5.26 Å². The summed E-state index contributed by atoms with van der Waals surface area (Å²) >= 11 is 0. The molecule has 0 amide bonds. The molecule has 136 valence electrons. The average Bonchev–Trinajstić information content (AvgIpc) is 2.93.